The second kappa shape index (κ2) is 5.63. The molecule has 76 valence electrons. The van der Waals surface area contributed by atoms with Gasteiger partial charge in [0.2, 0.25) is 0 Å². The molecule has 3 heteroatoms. The van der Waals surface area contributed by atoms with Crippen molar-refractivity contribution >= 4 is 11.6 Å². The van der Waals surface area contributed by atoms with Gasteiger partial charge in [-0.05, 0) is 38.8 Å². The number of rotatable bonds is 3. The summed E-state index contributed by atoms with van der Waals surface area (Å²) in [6.07, 6.45) is 4.02. The first-order valence-corrected chi connectivity index (χ1v) is 5.33. The highest BCUT2D eigenvalue weighted by molar-refractivity contribution is 6.25. The number of likely N-dealkylation sites (tertiary alicyclic amines) is 1. The Kier molecular flexibility index (Phi) is 4.78. The predicted molar refractivity (Wildman–Crippen MR) is 55.8 cm³/mol. The number of hydrogen-bond donors (Lipinski definition) is 1. The van der Waals surface area contributed by atoms with Crippen molar-refractivity contribution in [2.45, 2.75) is 25.9 Å². The molecule has 1 aliphatic heterocycles. The van der Waals surface area contributed by atoms with Crippen molar-refractivity contribution < 1.29 is 5.11 Å². The molecule has 0 saturated carbocycles. The van der Waals surface area contributed by atoms with E-state index < -0.39 is 0 Å². The molecule has 0 aromatic carbocycles. The Morgan fingerprint density at radius 1 is 1.54 bits per heavy atom. The summed E-state index contributed by atoms with van der Waals surface area (Å²) in [5.41, 5.74) is 1.57. The van der Waals surface area contributed by atoms with Crippen molar-refractivity contribution in [3.8, 4) is 0 Å². The molecule has 0 amide bonds. The molecule has 0 bridgehead atoms. The SMILES string of the molecule is CC(O)C1CCN(C/C=C/Cl)CC1. The van der Waals surface area contributed by atoms with Gasteiger partial charge < -0.3 is 5.11 Å². The molecule has 1 saturated heterocycles. The molecule has 0 aromatic rings. The maximum atomic E-state index is 9.39. The van der Waals surface area contributed by atoms with Crippen molar-refractivity contribution in [1.82, 2.24) is 4.90 Å². The van der Waals surface area contributed by atoms with Gasteiger partial charge in [0.05, 0.1) is 6.10 Å². The molecule has 1 N–H and O–H groups in total. The van der Waals surface area contributed by atoms with Crippen LogP contribution in [-0.2, 0) is 0 Å². The lowest BCUT2D eigenvalue weighted by molar-refractivity contribution is 0.0756. The quantitative estimate of drug-likeness (QED) is 0.757. The molecule has 1 heterocycles. The molecule has 1 fully saturated rings. The van der Waals surface area contributed by atoms with Gasteiger partial charge in [-0.2, -0.15) is 0 Å². The van der Waals surface area contributed by atoms with E-state index in [9.17, 15) is 5.11 Å². The third-order valence-electron chi connectivity index (χ3n) is 2.77. The zero-order valence-corrected chi connectivity index (χ0v) is 8.87. The van der Waals surface area contributed by atoms with Crippen LogP contribution in [0, 0.1) is 5.92 Å². The lowest BCUT2D eigenvalue weighted by Crippen LogP contribution is -2.36. The van der Waals surface area contributed by atoms with Crippen molar-refractivity contribution in [1.29, 1.82) is 0 Å². The van der Waals surface area contributed by atoms with Crippen LogP contribution in [0.5, 0.6) is 0 Å². The van der Waals surface area contributed by atoms with Crippen molar-refractivity contribution in [3.05, 3.63) is 11.6 Å². The topological polar surface area (TPSA) is 23.5 Å². The Hall–Kier alpha value is -0.0500. The van der Waals surface area contributed by atoms with E-state index in [-0.39, 0.29) is 6.10 Å². The van der Waals surface area contributed by atoms with Gasteiger partial charge in [-0.25, -0.2) is 0 Å². The number of hydrogen-bond acceptors (Lipinski definition) is 2. The molecule has 1 unspecified atom stereocenters. The minimum Gasteiger partial charge on any atom is -0.393 e. The maximum absolute atomic E-state index is 9.39. The number of aliphatic hydroxyl groups excluding tert-OH is 1. The van der Waals surface area contributed by atoms with Crippen LogP contribution in [0.15, 0.2) is 11.6 Å². The number of aliphatic hydroxyl groups is 1. The normalized spacial score (nSPS) is 23.9. The lowest BCUT2D eigenvalue weighted by atomic mass is 9.92. The highest BCUT2D eigenvalue weighted by atomic mass is 35.5. The van der Waals surface area contributed by atoms with Crippen LogP contribution in [0.3, 0.4) is 0 Å². The van der Waals surface area contributed by atoms with Gasteiger partial charge in [-0.3, -0.25) is 4.90 Å². The van der Waals surface area contributed by atoms with E-state index in [4.69, 9.17) is 11.6 Å². The standard InChI is InChI=1S/C10H18ClNO/c1-9(13)10-3-7-12(8-4-10)6-2-5-11/h2,5,9-10,13H,3-4,6-8H2,1H3/b5-2+. The molecule has 1 atom stereocenters. The van der Waals surface area contributed by atoms with Crippen LogP contribution >= 0.6 is 11.6 Å². The lowest BCUT2D eigenvalue weighted by Gasteiger charge is -2.32. The van der Waals surface area contributed by atoms with Crippen LogP contribution in [-0.4, -0.2) is 35.7 Å². The van der Waals surface area contributed by atoms with Gasteiger partial charge in [0.15, 0.2) is 0 Å². The van der Waals surface area contributed by atoms with E-state index in [1.807, 2.05) is 13.0 Å². The zero-order valence-electron chi connectivity index (χ0n) is 8.12. The summed E-state index contributed by atoms with van der Waals surface area (Å²) in [6.45, 7) is 4.99. The maximum Gasteiger partial charge on any atom is 0.0541 e. The highest BCUT2D eigenvalue weighted by Crippen LogP contribution is 2.20. The molecule has 0 spiro atoms. The van der Waals surface area contributed by atoms with Crippen molar-refractivity contribution in [2.75, 3.05) is 19.6 Å². The third-order valence-corrected chi connectivity index (χ3v) is 2.95. The Bertz CT molecular complexity index is 162. The van der Waals surface area contributed by atoms with Gasteiger partial charge in [-0.15, -0.1) is 0 Å². The first-order chi connectivity index (χ1) is 6.24. The second-order valence-corrected chi connectivity index (χ2v) is 3.99. The average molecular weight is 204 g/mol. The fourth-order valence-electron chi connectivity index (χ4n) is 1.81. The van der Waals surface area contributed by atoms with E-state index in [2.05, 4.69) is 4.90 Å². The Morgan fingerprint density at radius 3 is 2.62 bits per heavy atom. The van der Waals surface area contributed by atoms with E-state index in [0.29, 0.717) is 5.92 Å². The number of nitrogens with zero attached hydrogens (tertiary/aromatic N) is 1. The molecule has 0 aromatic heterocycles. The molecule has 13 heavy (non-hydrogen) atoms. The first-order valence-electron chi connectivity index (χ1n) is 4.89. The fraction of sp³-hybridized carbons (Fsp3) is 0.800. The summed E-state index contributed by atoms with van der Waals surface area (Å²) in [4.78, 5) is 2.36. The average Bonchev–Trinajstić information content (AvgIpc) is 2.15. The Balaban J connectivity index is 2.22. The third kappa shape index (κ3) is 3.67. The van der Waals surface area contributed by atoms with E-state index in [0.717, 1.165) is 32.5 Å². The summed E-state index contributed by atoms with van der Waals surface area (Å²) in [5, 5.41) is 9.39. The van der Waals surface area contributed by atoms with Crippen LogP contribution in [0.25, 0.3) is 0 Å². The number of piperidine rings is 1. The van der Waals surface area contributed by atoms with Crippen LogP contribution in [0.2, 0.25) is 0 Å². The number of halogens is 1. The predicted octanol–water partition coefficient (Wildman–Crippen LogP) is 1.83. The fourth-order valence-corrected chi connectivity index (χ4v) is 1.89. The van der Waals surface area contributed by atoms with Gasteiger partial charge in [0, 0.05) is 12.1 Å². The minimum absolute atomic E-state index is 0.147. The minimum atomic E-state index is -0.147. The first kappa shape index (κ1) is 11.0. The Morgan fingerprint density at radius 2 is 2.15 bits per heavy atom. The summed E-state index contributed by atoms with van der Waals surface area (Å²) >= 11 is 5.45. The molecule has 1 aliphatic rings. The smallest absolute Gasteiger partial charge is 0.0541 e. The monoisotopic (exact) mass is 203 g/mol. The zero-order chi connectivity index (χ0) is 9.68. The summed E-state index contributed by atoms with van der Waals surface area (Å²) in [5.74, 6) is 0.497. The van der Waals surface area contributed by atoms with Gasteiger partial charge in [-0.1, -0.05) is 17.7 Å². The van der Waals surface area contributed by atoms with E-state index in [1.54, 1.807) is 5.54 Å². The highest BCUT2D eigenvalue weighted by Gasteiger charge is 2.21. The molecule has 1 rings (SSSR count). The largest absolute Gasteiger partial charge is 0.393 e. The van der Waals surface area contributed by atoms with Crippen LogP contribution < -0.4 is 0 Å². The molecular formula is C10H18ClNO. The summed E-state index contributed by atoms with van der Waals surface area (Å²) in [6, 6.07) is 0. The summed E-state index contributed by atoms with van der Waals surface area (Å²) in [7, 11) is 0. The van der Waals surface area contributed by atoms with E-state index in [1.165, 1.54) is 0 Å². The molecular weight excluding hydrogens is 186 g/mol. The van der Waals surface area contributed by atoms with Crippen LogP contribution in [0.1, 0.15) is 19.8 Å². The summed E-state index contributed by atoms with van der Waals surface area (Å²) < 4.78 is 0. The van der Waals surface area contributed by atoms with E-state index >= 15 is 0 Å². The molecule has 0 aliphatic carbocycles. The molecule has 0 radical (unpaired) electrons. The van der Waals surface area contributed by atoms with Crippen molar-refractivity contribution in [3.63, 3.8) is 0 Å². The van der Waals surface area contributed by atoms with Gasteiger partial charge >= 0.3 is 0 Å². The van der Waals surface area contributed by atoms with Crippen molar-refractivity contribution in [2.24, 2.45) is 5.92 Å². The van der Waals surface area contributed by atoms with Crippen LogP contribution in [0.4, 0.5) is 0 Å². The van der Waals surface area contributed by atoms with Gasteiger partial charge in [0.1, 0.15) is 0 Å². The molecule has 2 nitrogen and oxygen atoms in total. The second-order valence-electron chi connectivity index (χ2n) is 3.74. The Labute approximate surface area is 85.2 Å². The van der Waals surface area contributed by atoms with Gasteiger partial charge in [0.25, 0.3) is 0 Å².